The minimum absolute atomic E-state index is 0.0602. The molecule has 2 aliphatic heterocycles. The quantitative estimate of drug-likeness (QED) is 0.0189. The van der Waals surface area contributed by atoms with Gasteiger partial charge in [-0.15, -0.1) is 5.73 Å². The third-order valence-electron chi connectivity index (χ3n) is 13.5. The summed E-state index contributed by atoms with van der Waals surface area (Å²) >= 11 is 0. The summed E-state index contributed by atoms with van der Waals surface area (Å²) in [6.07, 6.45) is 12.9. The van der Waals surface area contributed by atoms with E-state index in [1.165, 1.54) is 6.92 Å². The van der Waals surface area contributed by atoms with Crippen molar-refractivity contribution in [2.24, 2.45) is 10.8 Å². The van der Waals surface area contributed by atoms with Crippen LogP contribution in [0.4, 0.5) is 0 Å². The molecule has 6 unspecified atom stereocenters. The Balaban J connectivity index is 1.26. The molecule has 4 aliphatic rings. The summed E-state index contributed by atoms with van der Waals surface area (Å²) in [6.45, 7) is 19.4. The number of allylic oxidation sites excluding steroid dienone is 14. The van der Waals surface area contributed by atoms with Crippen LogP contribution in [0.2, 0.25) is 0 Å². The highest BCUT2D eigenvalue weighted by Gasteiger charge is 2.76. The molecule has 0 aromatic heterocycles. The minimum atomic E-state index is -2.97. The Bertz CT molecular complexity index is 2390. The van der Waals surface area contributed by atoms with Crippen molar-refractivity contribution >= 4 is 41.4 Å². The number of esters is 4. The summed E-state index contributed by atoms with van der Waals surface area (Å²) < 4.78 is 26.6. The molecule has 2 saturated heterocycles. The van der Waals surface area contributed by atoms with Crippen LogP contribution in [0.5, 0.6) is 0 Å². The maximum absolute atomic E-state index is 13.6. The average molecular weight is 991 g/mol. The topological polar surface area (TPSA) is 270 Å². The molecule has 2 heterocycles. The number of carbonyl (C=O) groups is 7. The standard InChI is InChI=1S/C54H70O17/c1-32(18-14-19-34(3)22-23-41-49(6,7)24-37(68-36(5)55)26-51(41,10)65)16-12-13-17-33(2)20-15-21-35(4)39(56)28-54-50(8,9)25-38(27-52(54,11)71-54)69-43(59)30-53(66,48(63)64)29-42(58)67-31-40(57)46-44(60)45(61)47(62)70-46/h12-22,37-38,40,45-46,57,61,65-66H,24-31H2,1-11H3,(H,63,64)/t23?,37?,38?,40-,45?,46+,51+,52?,53?,54?/m0/s1. The van der Waals surface area contributed by atoms with E-state index in [0.717, 1.165) is 22.3 Å². The molecule has 0 spiro atoms. The summed E-state index contributed by atoms with van der Waals surface area (Å²) in [5.41, 5.74) is 0.524. The second-order valence-corrected chi connectivity index (χ2v) is 20.9. The Labute approximate surface area is 415 Å². The molecule has 17 nitrogen and oxygen atoms in total. The van der Waals surface area contributed by atoms with E-state index in [0.29, 0.717) is 18.4 Å². The molecule has 0 radical (unpaired) electrons. The van der Waals surface area contributed by atoms with Gasteiger partial charge < -0.3 is 49.2 Å². The number of carboxylic acid groups (broad SMARTS) is 1. The van der Waals surface area contributed by atoms with Crippen molar-refractivity contribution in [1.82, 2.24) is 0 Å². The molecule has 388 valence electrons. The number of hydrogen-bond donors (Lipinski definition) is 5. The predicted molar refractivity (Wildman–Crippen MR) is 258 cm³/mol. The summed E-state index contributed by atoms with van der Waals surface area (Å²) in [5, 5.41) is 51.2. The summed E-state index contributed by atoms with van der Waals surface area (Å²) in [7, 11) is 0. The van der Waals surface area contributed by atoms with Gasteiger partial charge in [0.15, 0.2) is 17.5 Å². The number of rotatable bonds is 20. The average Bonchev–Trinajstić information content (AvgIpc) is 3.76. The van der Waals surface area contributed by atoms with Gasteiger partial charge in [0.05, 0.1) is 24.0 Å². The Morgan fingerprint density at radius 1 is 0.789 bits per heavy atom. The van der Waals surface area contributed by atoms with E-state index in [1.54, 1.807) is 26.0 Å². The maximum atomic E-state index is 13.6. The molecule has 0 aromatic rings. The highest BCUT2D eigenvalue weighted by molar-refractivity contribution is 6.09. The van der Waals surface area contributed by atoms with Crippen molar-refractivity contribution in [3.8, 4) is 0 Å². The van der Waals surface area contributed by atoms with Gasteiger partial charge in [-0.1, -0.05) is 99.6 Å². The highest BCUT2D eigenvalue weighted by atomic mass is 16.6. The summed E-state index contributed by atoms with van der Waals surface area (Å²) in [4.78, 5) is 85.8. The van der Waals surface area contributed by atoms with Gasteiger partial charge in [0, 0.05) is 37.2 Å². The number of ether oxygens (including phenoxy) is 5. The number of aliphatic carboxylic acids is 1. The molecular formula is C54H70O17. The second-order valence-electron chi connectivity index (χ2n) is 20.9. The van der Waals surface area contributed by atoms with Crippen LogP contribution in [0.15, 0.2) is 100 Å². The number of ketones is 2. The second kappa shape index (κ2) is 22.7. The number of carboxylic acids is 1. The Kier molecular flexibility index (Phi) is 18.5. The monoisotopic (exact) mass is 990 g/mol. The van der Waals surface area contributed by atoms with E-state index < -0.39 is 107 Å². The number of fused-ring (bicyclic) bond motifs is 1. The van der Waals surface area contributed by atoms with Crippen molar-refractivity contribution < 1.29 is 82.8 Å². The van der Waals surface area contributed by atoms with Crippen LogP contribution >= 0.6 is 0 Å². The lowest BCUT2D eigenvalue weighted by molar-refractivity contribution is -0.177. The molecule has 5 N–H and O–H groups in total. The molecule has 0 aromatic carbocycles. The number of Topliss-reactive ketones (excluding diaryl/α,β-unsaturated/α-hetero) is 2. The number of aliphatic hydroxyl groups excluding tert-OH is 2. The third kappa shape index (κ3) is 14.6. The minimum Gasteiger partial charge on any atom is -0.479 e. The van der Waals surface area contributed by atoms with Gasteiger partial charge in [-0.05, 0) is 77.0 Å². The van der Waals surface area contributed by atoms with Crippen LogP contribution in [-0.4, -0.2) is 126 Å². The van der Waals surface area contributed by atoms with Crippen molar-refractivity contribution in [3.63, 3.8) is 0 Å². The molecule has 2 aliphatic carbocycles. The lowest BCUT2D eigenvalue weighted by Gasteiger charge is -2.44. The van der Waals surface area contributed by atoms with E-state index in [2.05, 4.69) is 10.5 Å². The Morgan fingerprint density at radius 3 is 1.89 bits per heavy atom. The fourth-order valence-corrected chi connectivity index (χ4v) is 9.83. The number of epoxide rings is 1. The van der Waals surface area contributed by atoms with Gasteiger partial charge in [0.1, 0.15) is 30.5 Å². The normalized spacial score (nSPS) is 30.0. The van der Waals surface area contributed by atoms with Crippen molar-refractivity contribution in [3.05, 3.63) is 100 Å². The van der Waals surface area contributed by atoms with Gasteiger partial charge >= 0.3 is 29.8 Å². The van der Waals surface area contributed by atoms with Crippen LogP contribution in [-0.2, 0) is 57.2 Å². The first-order valence-electron chi connectivity index (χ1n) is 23.5. The SMILES string of the molecule is CC(=O)OC1CC(C)(C)C(=C=CC(C)=CC=CC(C)=CC=CC=C(C)C=CC=C(C)C(=O)CC23OC2(C)CC(OC(=O)CC(O)(CC(=O)OC[C@H](O)[C@H]2OC(=O)C(O)C2=O)C(=O)O)CC3(C)C)[C@](C)(O)C1. The van der Waals surface area contributed by atoms with Gasteiger partial charge in [-0.3, -0.25) is 24.0 Å². The first-order valence-corrected chi connectivity index (χ1v) is 23.5. The zero-order valence-corrected chi connectivity index (χ0v) is 42.5. The number of hydrogen-bond acceptors (Lipinski definition) is 16. The molecule has 0 bridgehead atoms. The number of aliphatic hydroxyl groups is 4. The zero-order chi connectivity index (χ0) is 53.5. The van der Waals surface area contributed by atoms with E-state index >= 15 is 0 Å². The first-order chi connectivity index (χ1) is 32.8. The molecule has 4 rings (SSSR count). The fraction of sp³-hybridized carbons (Fsp3) is 0.556. The smallest absolute Gasteiger partial charge is 0.343 e. The van der Waals surface area contributed by atoms with Gasteiger partial charge in [0.25, 0.3) is 0 Å². The van der Waals surface area contributed by atoms with Crippen LogP contribution in [0.1, 0.15) is 121 Å². The molecular weight excluding hydrogens is 921 g/mol. The van der Waals surface area contributed by atoms with Crippen molar-refractivity contribution in [1.29, 1.82) is 0 Å². The largest absolute Gasteiger partial charge is 0.479 e. The molecule has 4 fully saturated rings. The summed E-state index contributed by atoms with van der Waals surface area (Å²) in [6, 6.07) is 0. The van der Waals surface area contributed by atoms with Crippen molar-refractivity contribution in [2.45, 2.75) is 174 Å². The lowest BCUT2D eigenvalue weighted by atomic mass is 9.61. The van der Waals surface area contributed by atoms with Gasteiger partial charge in [0.2, 0.25) is 11.9 Å². The molecule has 0 amide bonds. The molecule has 71 heavy (non-hydrogen) atoms. The predicted octanol–water partition coefficient (Wildman–Crippen LogP) is 5.60. The van der Waals surface area contributed by atoms with Crippen LogP contribution in [0.3, 0.4) is 0 Å². The Hall–Kier alpha value is -5.81. The molecule has 9 atom stereocenters. The van der Waals surface area contributed by atoms with Crippen LogP contribution in [0, 0.1) is 10.8 Å². The van der Waals surface area contributed by atoms with E-state index in [4.69, 9.17) is 18.9 Å². The molecule has 17 heteroatoms. The Morgan fingerprint density at radius 2 is 1.35 bits per heavy atom. The molecule has 2 saturated carbocycles. The van der Waals surface area contributed by atoms with Crippen LogP contribution in [0.25, 0.3) is 0 Å². The third-order valence-corrected chi connectivity index (χ3v) is 13.5. The number of carbonyl (C=O) groups excluding carboxylic acids is 6. The van der Waals surface area contributed by atoms with Gasteiger partial charge in [-0.25, -0.2) is 9.59 Å². The maximum Gasteiger partial charge on any atom is 0.343 e. The van der Waals surface area contributed by atoms with E-state index in [1.807, 2.05) is 110 Å². The fourth-order valence-electron chi connectivity index (χ4n) is 9.83. The zero-order valence-electron chi connectivity index (χ0n) is 42.5. The number of cyclic esters (lactones) is 1. The van der Waals surface area contributed by atoms with E-state index in [-0.39, 0.29) is 37.1 Å². The van der Waals surface area contributed by atoms with Crippen LogP contribution < -0.4 is 0 Å². The first kappa shape index (κ1) is 57.8. The highest BCUT2D eigenvalue weighted by Crippen LogP contribution is 2.67. The summed E-state index contributed by atoms with van der Waals surface area (Å²) in [5.74, 6) is -7.37. The van der Waals surface area contributed by atoms with E-state index in [9.17, 15) is 59.1 Å². The van der Waals surface area contributed by atoms with Crippen molar-refractivity contribution in [2.75, 3.05) is 6.61 Å². The van der Waals surface area contributed by atoms with Gasteiger partial charge in [-0.2, -0.15) is 0 Å². The lowest BCUT2D eigenvalue weighted by Crippen LogP contribution is -2.50.